The van der Waals surface area contributed by atoms with Gasteiger partial charge in [0.25, 0.3) is 0 Å². The van der Waals surface area contributed by atoms with E-state index in [1.807, 2.05) is 62.7 Å². The molecule has 0 fully saturated rings. The minimum absolute atomic E-state index is 0.551. The highest BCUT2D eigenvalue weighted by molar-refractivity contribution is 5.48. The summed E-state index contributed by atoms with van der Waals surface area (Å²) in [7, 11) is 5.71. The summed E-state index contributed by atoms with van der Waals surface area (Å²) in [5.41, 5.74) is 6.38. The van der Waals surface area contributed by atoms with E-state index in [0.29, 0.717) is 6.67 Å². The van der Waals surface area contributed by atoms with Crippen LogP contribution < -0.4 is 10.6 Å². The van der Waals surface area contributed by atoms with Crippen LogP contribution in [-0.4, -0.2) is 44.1 Å². The molecule has 0 amide bonds. The van der Waals surface area contributed by atoms with Crippen molar-refractivity contribution in [3.8, 4) is 0 Å². The van der Waals surface area contributed by atoms with Crippen molar-refractivity contribution in [3.05, 3.63) is 42.1 Å². The predicted octanol–water partition coefficient (Wildman–Crippen LogP) is 1.94. The first-order valence-electron chi connectivity index (χ1n) is 5.77. The van der Waals surface area contributed by atoms with Crippen molar-refractivity contribution in [1.82, 2.24) is 10.2 Å². The van der Waals surface area contributed by atoms with Crippen molar-refractivity contribution in [3.63, 3.8) is 0 Å². The maximum absolute atomic E-state index is 4.35. The van der Waals surface area contributed by atoms with E-state index < -0.39 is 0 Å². The van der Waals surface area contributed by atoms with Crippen molar-refractivity contribution in [2.45, 2.75) is 0 Å². The summed E-state index contributed by atoms with van der Waals surface area (Å²) in [6.07, 6.45) is 3.77. The fourth-order valence-corrected chi connectivity index (χ4v) is 1.31. The van der Waals surface area contributed by atoms with E-state index in [2.05, 4.69) is 22.8 Å². The molecular formula is C13H21N5. The van der Waals surface area contributed by atoms with Crippen molar-refractivity contribution in [2.24, 2.45) is 0 Å². The normalized spacial score (nSPS) is 10.2. The molecule has 0 aromatic heterocycles. The van der Waals surface area contributed by atoms with Gasteiger partial charge in [0, 0.05) is 51.4 Å². The standard InChI is InChI=1S/C13H21N5/c1-14-9-10-17(3)11-16-18(4)13-7-5-12(15-2)6-8-13/h5-10,14-15H,4,11H2,1-3H3/b10-9-. The van der Waals surface area contributed by atoms with Gasteiger partial charge in [-0.25, -0.2) is 4.68 Å². The third-order valence-corrected chi connectivity index (χ3v) is 2.41. The van der Waals surface area contributed by atoms with Gasteiger partial charge in [-0.1, -0.05) is 0 Å². The zero-order valence-corrected chi connectivity index (χ0v) is 11.2. The van der Waals surface area contributed by atoms with E-state index in [-0.39, 0.29) is 0 Å². The number of benzene rings is 1. The topological polar surface area (TPSA) is 44.4 Å². The van der Waals surface area contributed by atoms with Crippen LogP contribution >= 0.6 is 0 Å². The van der Waals surface area contributed by atoms with Crippen LogP contribution in [0.25, 0.3) is 5.43 Å². The van der Waals surface area contributed by atoms with Crippen LogP contribution in [0.5, 0.6) is 0 Å². The predicted molar refractivity (Wildman–Crippen MR) is 77.2 cm³/mol. The van der Waals surface area contributed by atoms with Crippen LogP contribution in [0.3, 0.4) is 0 Å². The van der Waals surface area contributed by atoms with Crippen LogP contribution in [0.2, 0.25) is 0 Å². The lowest BCUT2D eigenvalue weighted by atomic mass is 10.3. The van der Waals surface area contributed by atoms with Crippen LogP contribution in [-0.2, 0) is 0 Å². The molecule has 0 aliphatic heterocycles. The fourth-order valence-electron chi connectivity index (χ4n) is 1.31. The number of anilines is 1. The van der Waals surface area contributed by atoms with Crippen LogP contribution in [0.1, 0.15) is 0 Å². The van der Waals surface area contributed by atoms with Crippen molar-refractivity contribution in [1.29, 1.82) is 0 Å². The molecular weight excluding hydrogens is 226 g/mol. The summed E-state index contributed by atoms with van der Waals surface area (Å²) >= 11 is 0. The van der Waals surface area contributed by atoms with Crippen LogP contribution in [0.15, 0.2) is 36.7 Å². The number of hydrogen-bond donors (Lipinski definition) is 2. The molecule has 0 atom stereocenters. The molecule has 0 unspecified atom stereocenters. The SMILES string of the molecule is C=[N+]([N-]CN(C)/C=C\NC)c1ccc(NC)cc1. The van der Waals surface area contributed by atoms with Crippen molar-refractivity contribution < 1.29 is 4.68 Å². The molecule has 0 aliphatic carbocycles. The Kier molecular flexibility index (Phi) is 5.57. The Balaban J connectivity index is 2.47. The van der Waals surface area contributed by atoms with Gasteiger partial charge in [-0.2, -0.15) is 0 Å². The smallest absolute Gasteiger partial charge is 0.200 e. The molecule has 98 valence electrons. The highest BCUT2D eigenvalue weighted by Gasteiger charge is 1.98. The molecule has 0 aliphatic rings. The number of rotatable bonds is 7. The number of hydrogen-bond acceptors (Lipinski definition) is 3. The van der Waals surface area contributed by atoms with Crippen molar-refractivity contribution in [2.75, 3.05) is 33.1 Å². The zero-order chi connectivity index (χ0) is 13.4. The summed E-state index contributed by atoms with van der Waals surface area (Å²) in [4.78, 5) is 1.96. The average Bonchev–Trinajstić information content (AvgIpc) is 2.42. The van der Waals surface area contributed by atoms with E-state index in [1.165, 1.54) is 0 Å². The zero-order valence-electron chi connectivity index (χ0n) is 11.2. The Morgan fingerprint density at radius 1 is 1.33 bits per heavy atom. The second-order valence-electron chi connectivity index (χ2n) is 3.84. The number of nitrogens with zero attached hydrogens (tertiary/aromatic N) is 3. The lowest BCUT2D eigenvalue weighted by molar-refractivity contribution is -0.377. The Labute approximate surface area is 109 Å². The summed E-state index contributed by atoms with van der Waals surface area (Å²) < 4.78 is 1.63. The van der Waals surface area contributed by atoms with Gasteiger partial charge in [-0.15, -0.1) is 0 Å². The first kappa shape index (κ1) is 13.9. The molecule has 0 heterocycles. The maximum atomic E-state index is 4.35. The van der Waals surface area contributed by atoms with E-state index in [9.17, 15) is 0 Å². The molecule has 0 saturated heterocycles. The lowest BCUT2D eigenvalue weighted by Crippen LogP contribution is -2.15. The molecule has 5 heteroatoms. The van der Waals surface area contributed by atoms with E-state index in [4.69, 9.17) is 0 Å². The third kappa shape index (κ3) is 4.37. The summed E-state index contributed by atoms with van der Waals surface area (Å²) in [5.74, 6) is 0. The molecule has 0 radical (unpaired) electrons. The summed E-state index contributed by atoms with van der Waals surface area (Å²) in [6.45, 7) is 4.45. The van der Waals surface area contributed by atoms with Gasteiger partial charge >= 0.3 is 0 Å². The van der Waals surface area contributed by atoms with E-state index >= 15 is 0 Å². The monoisotopic (exact) mass is 247 g/mol. The highest BCUT2D eigenvalue weighted by atomic mass is 15.5. The quantitative estimate of drug-likeness (QED) is 0.440. The average molecular weight is 247 g/mol. The minimum Gasteiger partial charge on any atom is -0.414 e. The number of nitrogens with one attached hydrogen (secondary N) is 2. The Hall–Kier alpha value is -2.17. The largest absolute Gasteiger partial charge is 0.414 e. The third-order valence-electron chi connectivity index (χ3n) is 2.41. The first-order valence-corrected chi connectivity index (χ1v) is 5.77. The molecule has 18 heavy (non-hydrogen) atoms. The van der Waals surface area contributed by atoms with Gasteiger partial charge in [-0.3, -0.25) is 0 Å². The van der Waals surface area contributed by atoms with E-state index in [1.54, 1.807) is 4.68 Å². The molecule has 0 spiro atoms. The lowest BCUT2D eigenvalue weighted by Gasteiger charge is -2.22. The fraction of sp³-hybridized carbons (Fsp3) is 0.308. The molecule has 0 bridgehead atoms. The van der Waals surface area contributed by atoms with Gasteiger partial charge in [0.1, 0.15) is 6.72 Å². The van der Waals surface area contributed by atoms with Gasteiger partial charge in [-0.05, 0) is 18.8 Å². The first-order chi connectivity index (χ1) is 8.67. The minimum atomic E-state index is 0.551. The summed E-state index contributed by atoms with van der Waals surface area (Å²) in [5, 5.41) is 6.00. The molecule has 5 nitrogen and oxygen atoms in total. The molecule has 1 rings (SSSR count). The van der Waals surface area contributed by atoms with Gasteiger partial charge in [0.15, 0.2) is 5.69 Å². The second-order valence-corrected chi connectivity index (χ2v) is 3.84. The van der Waals surface area contributed by atoms with Gasteiger partial charge < -0.3 is 21.0 Å². The van der Waals surface area contributed by atoms with Gasteiger partial charge in [0.05, 0.1) is 0 Å². The van der Waals surface area contributed by atoms with Crippen molar-refractivity contribution >= 4 is 18.1 Å². The molecule has 2 N–H and O–H groups in total. The van der Waals surface area contributed by atoms with Crippen LogP contribution in [0.4, 0.5) is 11.4 Å². The Morgan fingerprint density at radius 2 is 2.00 bits per heavy atom. The van der Waals surface area contributed by atoms with Gasteiger partial charge in [0.2, 0.25) is 0 Å². The Bertz CT molecular complexity index is 396. The van der Waals surface area contributed by atoms with E-state index in [0.717, 1.165) is 11.4 Å². The molecule has 1 aromatic carbocycles. The second kappa shape index (κ2) is 7.21. The molecule has 0 saturated carbocycles. The molecule has 1 aromatic rings. The maximum Gasteiger partial charge on any atom is 0.200 e. The van der Waals surface area contributed by atoms with Crippen LogP contribution in [0, 0.1) is 0 Å². The highest BCUT2D eigenvalue weighted by Crippen LogP contribution is 2.17. The Morgan fingerprint density at radius 3 is 2.56 bits per heavy atom. The summed E-state index contributed by atoms with van der Waals surface area (Å²) in [6, 6.07) is 7.94.